The van der Waals surface area contributed by atoms with E-state index in [2.05, 4.69) is 0 Å². The molecule has 0 N–H and O–H groups in total. The van der Waals surface area contributed by atoms with E-state index in [-0.39, 0.29) is 0 Å². The molecule has 0 aromatic heterocycles. The third kappa shape index (κ3) is 12.4. The van der Waals surface area contributed by atoms with Crippen LogP contribution in [0.1, 0.15) is 19.3 Å². The van der Waals surface area contributed by atoms with Gasteiger partial charge >= 0.3 is 0 Å². The molecule has 0 fully saturated rings. The van der Waals surface area contributed by atoms with Gasteiger partial charge in [-0.1, -0.05) is 12.2 Å². The van der Waals surface area contributed by atoms with Gasteiger partial charge in [-0.05, 0) is 46.3 Å². The third-order valence-electron chi connectivity index (χ3n) is 1.15. The first-order valence-electron chi connectivity index (χ1n) is 3.60. The molecule has 0 saturated carbocycles. The number of halogens is 2. The Kier molecular flexibility index (Phi) is 7.95. The second kappa shape index (κ2) is 7.74. The van der Waals surface area contributed by atoms with E-state index in [1.165, 1.54) is 0 Å². The summed E-state index contributed by atoms with van der Waals surface area (Å²) >= 11 is 0. The Morgan fingerprint density at radius 2 is 1.85 bits per heavy atom. The first-order chi connectivity index (χ1) is 6.06. The molecule has 0 saturated heterocycles. The average molecular weight is 261 g/mol. The molecule has 6 heteroatoms. The molecule has 0 atom stereocenters. The van der Waals surface area contributed by atoms with E-state index in [4.69, 9.17) is 21.4 Å². The molecular formula is C7H10Cl2O2S2. The second-order valence-corrected chi connectivity index (χ2v) is 5.74. The van der Waals surface area contributed by atoms with Gasteiger partial charge in [0.25, 0.3) is 9.05 Å². The molecule has 0 bridgehead atoms. The van der Waals surface area contributed by atoms with Gasteiger partial charge in [-0.25, -0.2) is 8.42 Å². The van der Waals surface area contributed by atoms with Crippen molar-refractivity contribution >= 4 is 41.4 Å². The molecule has 0 radical (unpaired) electrons. The van der Waals surface area contributed by atoms with Gasteiger partial charge in [-0.15, -0.1) is 0 Å². The molecule has 13 heavy (non-hydrogen) atoms. The van der Waals surface area contributed by atoms with Crippen molar-refractivity contribution in [3.63, 3.8) is 0 Å². The van der Waals surface area contributed by atoms with Crippen molar-refractivity contribution in [2.24, 2.45) is 0 Å². The predicted octanol–water partition coefficient (Wildman–Crippen LogP) is 3.64. The van der Waals surface area contributed by atoms with Crippen molar-refractivity contribution in [1.29, 1.82) is 0 Å². The van der Waals surface area contributed by atoms with Gasteiger partial charge in [0.2, 0.25) is 0 Å². The number of hydrogen-bond acceptors (Lipinski definition) is 3. The van der Waals surface area contributed by atoms with Crippen molar-refractivity contribution < 1.29 is 8.42 Å². The summed E-state index contributed by atoms with van der Waals surface area (Å²) in [7, 11) is 7.92. The molecule has 0 amide bonds. The fourth-order valence-electron chi connectivity index (χ4n) is 0.641. The summed E-state index contributed by atoms with van der Waals surface area (Å²) in [5.74, 6) is 0. The highest BCUT2D eigenvalue weighted by molar-refractivity contribution is 8.23. The van der Waals surface area contributed by atoms with Gasteiger partial charge in [0.1, 0.15) is 0 Å². The monoisotopic (exact) mass is 260 g/mol. The summed E-state index contributed by atoms with van der Waals surface area (Å²) in [6, 6.07) is 0. The zero-order valence-corrected chi connectivity index (χ0v) is 9.96. The van der Waals surface area contributed by atoms with Gasteiger partial charge in [0, 0.05) is 16.1 Å². The van der Waals surface area contributed by atoms with Crippen LogP contribution in [0, 0.1) is 0 Å². The van der Waals surface area contributed by atoms with E-state index < -0.39 is 9.05 Å². The number of unbranched alkanes of at least 4 members (excludes halogenated alkanes) is 2. The Hall–Kier alpha value is 0.360. The maximum Gasteiger partial charge on any atom is 0.254 e. The van der Waals surface area contributed by atoms with Gasteiger partial charge < -0.3 is 0 Å². The van der Waals surface area contributed by atoms with Crippen molar-refractivity contribution in [2.45, 2.75) is 19.3 Å². The Labute approximate surface area is 91.9 Å². The summed E-state index contributed by atoms with van der Waals surface area (Å²) in [5.41, 5.74) is 0. The maximum absolute atomic E-state index is 10.4. The smallest absolute Gasteiger partial charge is 0.208 e. The summed E-state index contributed by atoms with van der Waals surface area (Å²) < 4.78 is 20.8. The minimum Gasteiger partial charge on any atom is -0.208 e. The lowest BCUT2D eigenvalue weighted by Gasteiger charge is -1.88. The summed E-state index contributed by atoms with van der Waals surface area (Å²) in [6.07, 6.45) is 5.94. The fourth-order valence-corrected chi connectivity index (χ4v) is 1.65. The van der Waals surface area contributed by atoms with Crippen LogP contribution in [0.3, 0.4) is 0 Å². The lowest BCUT2D eigenvalue weighted by molar-refractivity contribution is 0.617. The molecule has 0 aliphatic heterocycles. The van der Waals surface area contributed by atoms with E-state index in [1.807, 2.05) is 6.08 Å². The highest BCUT2D eigenvalue weighted by Crippen LogP contribution is 2.09. The number of rotatable bonds is 6. The van der Waals surface area contributed by atoms with E-state index in [0.717, 1.165) is 29.2 Å². The van der Waals surface area contributed by atoms with Crippen molar-refractivity contribution in [3.8, 4) is 0 Å². The molecule has 0 heterocycles. The minimum atomic E-state index is -3.47. The van der Waals surface area contributed by atoms with Crippen LogP contribution in [0.15, 0.2) is 23.0 Å². The zero-order valence-electron chi connectivity index (χ0n) is 6.82. The molecular weight excluding hydrogens is 251 g/mol. The highest BCUT2D eigenvalue weighted by atomic mass is 35.7. The summed E-state index contributed by atoms with van der Waals surface area (Å²) in [4.78, 5) is 0. The van der Waals surface area contributed by atoms with Gasteiger partial charge in [0.05, 0.1) is 0 Å². The van der Waals surface area contributed by atoms with E-state index in [0.29, 0.717) is 6.42 Å². The van der Waals surface area contributed by atoms with Crippen LogP contribution < -0.4 is 0 Å². The van der Waals surface area contributed by atoms with Crippen LogP contribution in [-0.2, 0) is 9.05 Å². The lowest BCUT2D eigenvalue weighted by atomic mass is 10.2. The SMILES string of the molecule is O=S(=O)(Cl)/C=C/CCC/C=C/SCl. The third-order valence-corrected chi connectivity index (χ3v) is 2.58. The largest absolute Gasteiger partial charge is 0.254 e. The summed E-state index contributed by atoms with van der Waals surface area (Å²) in [6.45, 7) is 0. The average Bonchev–Trinajstić information content (AvgIpc) is 2.01. The molecule has 0 aromatic carbocycles. The van der Waals surface area contributed by atoms with Crippen molar-refractivity contribution in [3.05, 3.63) is 23.0 Å². The minimum absolute atomic E-state index is 0.698. The first-order valence-corrected chi connectivity index (χ1v) is 7.67. The Morgan fingerprint density at radius 1 is 1.23 bits per heavy atom. The van der Waals surface area contributed by atoms with Crippen molar-refractivity contribution in [1.82, 2.24) is 0 Å². The molecule has 76 valence electrons. The van der Waals surface area contributed by atoms with Crippen LogP contribution in [-0.4, -0.2) is 8.42 Å². The van der Waals surface area contributed by atoms with Gasteiger partial charge in [-0.3, -0.25) is 0 Å². The maximum atomic E-state index is 10.4. The fraction of sp³-hybridized carbons (Fsp3) is 0.429. The van der Waals surface area contributed by atoms with Crippen LogP contribution in [0.2, 0.25) is 0 Å². The van der Waals surface area contributed by atoms with Crippen LogP contribution in [0.4, 0.5) is 0 Å². The first kappa shape index (κ1) is 13.4. The molecule has 0 unspecified atom stereocenters. The normalized spacial score (nSPS) is 13.1. The Morgan fingerprint density at radius 3 is 2.38 bits per heavy atom. The molecule has 0 aliphatic carbocycles. The molecule has 2 nitrogen and oxygen atoms in total. The highest BCUT2D eigenvalue weighted by Gasteiger charge is 1.94. The van der Waals surface area contributed by atoms with Gasteiger partial charge in [0.15, 0.2) is 0 Å². The topological polar surface area (TPSA) is 34.1 Å². The second-order valence-electron chi connectivity index (χ2n) is 2.24. The van der Waals surface area contributed by atoms with E-state index >= 15 is 0 Å². The van der Waals surface area contributed by atoms with E-state index in [9.17, 15) is 8.42 Å². The van der Waals surface area contributed by atoms with Crippen LogP contribution in [0.25, 0.3) is 0 Å². The number of hydrogen-bond donors (Lipinski definition) is 0. The van der Waals surface area contributed by atoms with E-state index in [1.54, 1.807) is 11.5 Å². The van der Waals surface area contributed by atoms with Crippen molar-refractivity contribution in [2.75, 3.05) is 0 Å². The molecule has 0 spiro atoms. The predicted molar refractivity (Wildman–Crippen MR) is 60.3 cm³/mol. The standard InChI is InChI=1S/C7H10Cl2O2S2/c8-12-6-4-2-1-3-5-7-13(9,10)11/h4-7H,1-3H2/b6-4+,7-5+. The Bertz CT molecular complexity index is 270. The Balaban J connectivity index is 3.47. The molecule has 0 aliphatic rings. The molecule has 0 rings (SSSR count). The summed E-state index contributed by atoms with van der Waals surface area (Å²) in [5, 5.41) is 2.79. The lowest BCUT2D eigenvalue weighted by Crippen LogP contribution is -1.79. The quantitative estimate of drug-likeness (QED) is 0.540. The zero-order chi connectivity index (χ0) is 10.2. The number of allylic oxidation sites excluding steroid dienone is 2. The van der Waals surface area contributed by atoms with Gasteiger partial charge in [-0.2, -0.15) is 0 Å². The van der Waals surface area contributed by atoms with Crippen LogP contribution in [0.5, 0.6) is 0 Å². The van der Waals surface area contributed by atoms with Crippen LogP contribution >= 0.6 is 32.3 Å². The molecule has 0 aromatic rings.